The number of hydrogen-bond donors (Lipinski definition) is 0. The summed E-state index contributed by atoms with van der Waals surface area (Å²) in [6, 6.07) is 12.2. The van der Waals surface area contributed by atoms with Gasteiger partial charge in [-0.3, -0.25) is 0 Å². The average molecular weight is 471 g/mol. The summed E-state index contributed by atoms with van der Waals surface area (Å²) in [6.45, 7) is 5.19. The monoisotopic (exact) mass is 470 g/mol. The van der Waals surface area contributed by atoms with Crippen LogP contribution < -0.4 is 0 Å². The molecule has 2 aliphatic rings. The van der Waals surface area contributed by atoms with Crippen molar-refractivity contribution in [1.29, 1.82) is 0 Å². The Hall–Kier alpha value is -1.78. The predicted molar refractivity (Wildman–Crippen MR) is 133 cm³/mol. The summed E-state index contributed by atoms with van der Waals surface area (Å²) < 4.78 is 40.8. The first kappa shape index (κ1) is 25.3. The van der Waals surface area contributed by atoms with Crippen LogP contribution in [0.1, 0.15) is 112 Å². The molecule has 0 spiro atoms. The Morgan fingerprint density at radius 3 is 1.97 bits per heavy atom. The molecule has 2 aromatic carbocycles. The summed E-state index contributed by atoms with van der Waals surface area (Å²) in [4.78, 5) is 0. The molecule has 0 unspecified atom stereocenters. The van der Waals surface area contributed by atoms with E-state index in [4.69, 9.17) is 9.47 Å². The molecular weight excluding hydrogens is 430 g/mol. The van der Waals surface area contributed by atoms with Crippen molar-refractivity contribution in [3.8, 4) is 0 Å². The molecule has 1 saturated carbocycles. The largest absolute Gasteiger partial charge is 0.348 e. The summed E-state index contributed by atoms with van der Waals surface area (Å²) in [7, 11) is 0. The van der Waals surface area contributed by atoms with Crippen molar-refractivity contribution in [1.82, 2.24) is 0 Å². The SMILES string of the molecule is CCCCc1ccc(C2OCC(c3ccc(C4CCC(CCCC)CC4)cc3)CO2)c(F)c1F. The molecule has 4 heteroatoms. The minimum Gasteiger partial charge on any atom is -0.348 e. The van der Waals surface area contributed by atoms with Crippen LogP contribution in [-0.2, 0) is 15.9 Å². The molecule has 0 aromatic heterocycles. The van der Waals surface area contributed by atoms with Gasteiger partial charge in [-0.15, -0.1) is 0 Å². The molecule has 1 aliphatic carbocycles. The zero-order valence-corrected chi connectivity index (χ0v) is 20.8. The molecular formula is C30H40F2O2. The fourth-order valence-electron chi connectivity index (χ4n) is 5.54. The summed E-state index contributed by atoms with van der Waals surface area (Å²) in [5.74, 6) is 0.0899. The Morgan fingerprint density at radius 2 is 1.35 bits per heavy atom. The molecule has 2 fully saturated rings. The van der Waals surface area contributed by atoms with E-state index in [-0.39, 0.29) is 11.5 Å². The van der Waals surface area contributed by atoms with E-state index in [0.29, 0.717) is 31.1 Å². The fraction of sp³-hybridized carbons (Fsp3) is 0.600. The first-order chi connectivity index (χ1) is 16.6. The maximum Gasteiger partial charge on any atom is 0.186 e. The molecule has 1 aliphatic heterocycles. The first-order valence-corrected chi connectivity index (χ1v) is 13.4. The Balaban J connectivity index is 1.30. The molecule has 0 amide bonds. The highest BCUT2D eigenvalue weighted by atomic mass is 19.2. The quantitative estimate of drug-likeness (QED) is 0.365. The molecule has 186 valence electrons. The number of rotatable bonds is 9. The van der Waals surface area contributed by atoms with E-state index in [9.17, 15) is 8.78 Å². The molecule has 0 N–H and O–H groups in total. The van der Waals surface area contributed by atoms with Crippen molar-refractivity contribution in [3.63, 3.8) is 0 Å². The second-order valence-electron chi connectivity index (χ2n) is 10.3. The van der Waals surface area contributed by atoms with Crippen LogP contribution in [0.3, 0.4) is 0 Å². The highest BCUT2D eigenvalue weighted by Gasteiger charge is 2.29. The third kappa shape index (κ3) is 6.07. The van der Waals surface area contributed by atoms with Gasteiger partial charge in [0, 0.05) is 11.5 Å². The van der Waals surface area contributed by atoms with Crippen molar-refractivity contribution in [2.45, 2.75) is 96.2 Å². The molecule has 1 heterocycles. The van der Waals surface area contributed by atoms with E-state index >= 15 is 0 Å². The normalized spacial score (nSPS) is 25.4. The van der Waals surface area contributed by atoms with E-state index < -0.39 is 17.9 Å². The van der Waals surface area contributed by atoms with Gasteiger partial charge in [-0.05, 0) is 67.1 Å². The van der Waals surface area contributed by atoms with Gasteiger partial charge < -0.3 is 9.47 Å². The van der Waals surface area contributed by atoms with Crippen LogP contribution in [0, 0.1) is 17.6 Å². The number of unbranched alkanes of at least 4 members (excludes halogenated alkanes) is 2. The minimum absolute atomic E-state index is 0.104. The number of halogens is 2. The third-order valence-electron chi connectivity index (χ3n) is 7.84. The smallest absolute Gasteiger partial charge is 0.186 e. The fourth-order valence-corrected chi connectivity index (χ4v) is 5.54. The number of aryl methyl sites for hydroxylation is 1. The molecule has 2 nitrogen and oxygen atoms in total. The Bertz CT molecular complexity index is 895. The van der Waals surface area contributed by atoms with Gasteiger partial charge in [0.05, 0.1) is 13.2 Å². The maximum atomic E-state index is 14.7. The van der Waals surface area contributed by atoms with Gasteiger partial charge in [0.2, 0.25) is 0 Å². The lowest BCUT2D eigenvalue weighted by molar-refractivity contribution is -0.193. The van der Waals surface area contributed by atoms with Crippen molar-refractivity contribution in [3.05, 3.63) is 70.3 Å². The van der Waals surface area contributed by atoms with Gasteiger partial charge in [-0.25, -0.2) is 8.78 Å². The Kier molecular flexibility index (Phi) is 9.13. The molecule has 0 bridgehead atoms. The van der Waals surface area contributed by atoms with E-state index in [1.807, 2.05) is 6.92 Å². The van der Waals surface area contributed by atoms with Crippen molar-refractivity contribution in [2.24, 2.45) is 5.92 Å². The van der Waals surface area contributed by atoms with Crippen LogP contribution in [0.15, 0.2) is 36.4 Å². The van der Waals surface area contributed by atoms with E-state index in [1.165, 1.54) is 56.1 Å². The molecule has 0 radical (unpaired) electrons. The molecule has 1 saturated heterocycles. The lowest BCUT2D eigenvalue weighted by Gasteiger charge is -2.31. The van der Waals surface area contributed by atoms with Crippen molar-refractivity contribution in [2.75, 3.05) is 13.2 Å². The van der Waals surface area contributed by atoms with E-state index in [2.05, 4.69) is 31.2 Å². The van der Waals surface area contributed by atoms with E-state index in [0.717, 1.165) is 18.8 Å². The summed E-state index contributed by atoms with van der Waals surface area (Å²) >= 11 is 0. The molecule has 2 aromatic rings. The van der Waals surface area contributed by atoms with Gasteiger partial charge in [-0.2, -0.15) is 0 Å². The highest BCUT2D eigenvalue weighted by molar-refractivity contribution is 5.30. The maximum absolute atomic E-state index is 14.7. The molecule has 4 rings (SSSR count). The topological polar surface area (TPSA) is 18.5 Å². The predicted octanol–water partition coefficient (Wildman–Crippen LogP) is 8.60. The Labute approximate surface area is 204 Å². The van der Waals surface area contributed by atoms with Crippen LogP contribution in [0.4, 0.5) is 8.78 Å². The van der Waals surface area contributed by atoms with Crippen molar-refractivity contribution < 1.29 is 18.3 Å². The lowest BCUT2D eigenvalue weighted by Crippen LogP contribution is -2.26. The number of benzene rings is 2. The van der Waals surface area contributed by atoms with Gasteiger partial charge in [0.25, 0.3) is 0 Å². The van der Waals surface area contributed by atoms with Crippen LogP contribution in [0.25, 0.3) is 0 Å². The third-order valence-corrected chi connectivity index (χ3v) is 7.84. The number of ether oxygens (including phenoxy) is 2. The molecule has 34 heavy (non-hydrogen) atoms. The van der Waals surface area contributed by atoms with Crippen LogP contribution in [0.5, 0.6) is 0 Å². The zero-order valence-electron chi connectivity index (χ0n) is 20.8. The van der Waals surface area contributed by atoms with Crippen LogP contribution in [0.2, 0.25) is 0 Å². The Morgan fingerprint density at radius 1 is 0.735 bits per heavy atom. The second-order valence-corrected chi connectivity index (χ2v) is 10.3. The highest BCUT2D eigenvalue weighted by Crippen LogP contribution is 2.38. The van der Waals surface area contributed by atoms with Gasteiger partial charge in [0.1, 0.15) is 0 Å². The van der Waals surface area contributed by atoms with E-state index in [1.54, 1.807) is 12.1 Å². The lowest BCUT2D eigenvalue weighted by atomic mass is 9.77. The second kappa shape index (κ2) is 12.3. The summed E-state index contributed by atoms with van der Waals surface area (Å²) in [6.07, 6.45) is 10.8. The standard InChI is InChI=1S/C30H40F2O2/c1-3-5-7-21-9-11-22(12-10-21)23-13-15-24(16-14-23)26-19-33-30(34-20-26)27-18-17-25(8-6-4-2)28(31)29(27)32/h13-18,21-22,26,30H,3-12,19-20H2,1-2H3. The van der Waals surface area contributed by atoms with Gasteiger partial charge in [-0.1, -0.05) is 75.9 Å². The minimum atomic E-state index is -0.854. The van der Waals surface area contributed by atoms with Crippen molar-refractivity contribution >= 4 is 0 Å². The summed E-state index contributed by atoms with van der Waals surface area (Å²) in [5.41, 5.74) is 3.20. The molecule has 0 atom stereocenters. The van der Waals surface area contributed by atoms with Crippen LogP contribution in [-0.4, -0.2) is 13.2 Å². The van der Waals surface area contributed by atoms with Gasteiger partial charge >= 0.3 is 0 Å². The average Bonchev–Trinajstić information content (AvgIpc) is 2.89. The van der Waals surface area contributed by atoms with Crippen LogP contribution >= 0.6 is 0 Å². The number of hydrogen-bond acceptors (Lipinski definition) is 2. The zero-order chi connectivity index (χ0) is 23.9. The summed E-state index contributed by atoms with van der Waals surface area (Å²) in [5, 5.41) is 0. The van der Waals surface area contributed by atoms with Gasteiger partial charge in [0.15, 0.2) is 17.9 Å². The first-order valence-electron chi connectivity index (χ1n) is 13.4.